The molecular weight excluding hydrogens is 288 g/mol. The molecule has 0 amide bonds. The van der Waals surface area contributed by atoms with E-state index in [1.807, 2.05) is 12.1 Å². The van der Waals surface area contributed by atoms with E-state index in [0.717, 1.165) is 18.8 Å². The zero-order valence-corrected chi connectivity index (χ0v) is 14.8. The number of benzene rings is 1. The Labute approximate surface area is 141 Å². The van der Waals surface area contributed by atoms with E-state index in [4.69, 9.17) is 9.47 Å². The van der Waals surface area contributed by atoms with Crippen LogP contribution in [0.4, 0.5) is 0 Å². The first-order valence-corrected chi connectivity index (χ1v) is 9.18. The normalized spacial score (nSPS) is 10.5. The molecule has 0 saturated carbocycles. The number of carbonyl (C=O) groups is 1. The van der Waals surface area contributed by atoms with Gasteiger partial charge in [0, 0.05) is 0 Å². The molecule has 1 aromatic rings. The molecule has 0 aromatic heterocycles. The minimum Gasteiger partial charge on any atom is -0.494 e. The maximum absolute atomic E-state index is 11.5. The lowest BCUT2D eigenvalue weighted by atomic mass is 10.1. The number of unbranched alkanes of at least 4 members (excludes halogenated alkanes) is 8. The Morgan fingerprint density at radius 1 is 0.826 bits per heavy atom. The SMILES string of the molecule is CCCCCCCCCCCOc1ccc(C(=O)OCC)cc1. The molecule has 3 nitrogen and oxygen atoms in total. The van der Waals surface area contributed by atoms with E-state index in [9.17, 15) is 4.79 Å². The van der Waals surface area contributed by atoms with Gasteiger partial charge < -0.3 is 9.47 Å². The fourth-order valence-electron chi connectivity index (χ4n) is 2.50. The summed E-state index contributed by atoms with van der Waals surface area (Å²) in [5, 5.41) is 0. The van der Waals surface area contributed by atoms with E-state index in [0.29, 0.717) is 12.2 Å². The van der Waals surface area contributed by atoms with E-state index in [1.165, 1.54) is 51.4 Å². The number of esters is 1. The van der Waals surface area contributed by atoms with Crippen molar-refractivity contribution in [3.8, 4) is 5.75 Å². The summed E-state index contributed by atoms with van der Waals surface area (Å²) in [4.78, 5) is 11.5. The highest BCUT2D eigenvalue weighted by atomic mass is 16.5. The van der Waals surface area contributed by atoms with Crippen molar-refractivity contribution >= 4 is 5.97 Å². The molecule has 0 aliphatic carbocycles. The van der Waals surface area contributed by atoms with Crippen LogP contribution in [0, 0.1) is 0 Å². The first-order chi connectivity index (χ1) is 11.3. The second-order valence-corrected chi connectivity index (χ2v) is 5.92. The monoisotopic (exact) mass is 320 g/mol. The van der Waals surface area contributed by atoms with Crippen molar-refractivity contribution in [1.82, 2.24) is 0 Å². The summed E-state index contributed by atoms with van der Waals surface area (Å²) < 4.78 is 10.7. The summed E-state index contributed by atoms with van der Waals surface area (Å²) in [6.45, 7) is 5.20. The van der Waals surface area contributed by atoms with E-state index in [-0.39, 0.29) is 5.97 Å². The lowest BCUT2D eigenvalue weighted by molar-refractivity contribution is 0.0526. The van der Waals surface area contributed by atoms with Gasteiger partial charge in [-0.15, -0.1) is 0 Å². The summed E-state index contributed by atoms with van der Waals surface area (Å²) in [5.41, 5.74) is 0.572. The van der Waals surface area contributed by atoms with Crippen LogP contribution in [0.1, 0.15) is 82.0 Å². The summed E-state index contributed by atoms with van der Waals surface area (Å²) in [7, 11) is 0. The second-order valence-electron chi connectivity index (χ2n) is 5.92. The van der Waals surface area contributed by atoms with Crippen molar-refractivity contribution in [1.29, 1.82) is 0 Å². The molecule has 0 radical (unpaired) electrons. The Kier molecular flexibility index (Phi) is 11.0. The molecule has 1 rings (SSSR count). The van der Waals surface area contributed by atoms with Gasteiger partial charge in [0.25, 0.3) is 0 Å². The summed E-state index contributed by atoms with van der Waals surface area (Å²) in [6.07, 6.45) is 11.8. The third-order valence-electron chi connectivity index (χ3n) is 3.88. The van der Waals surface area contributed by atoms with E-state index < -0.39 is 0 Å². The Bertz CT molecular complexity index is 411. The molecular formula is C20H32O3. The molecule has 0 saturated heterocycles. The van der Waals surface area contributed by atoms with Gasteiger partial charge in [-0.25, -0.2) is 4.79 Å². The lowest BCUT2D eigenvalue weighted by Gasteiger charge is -2.07. The molecule has 0 atom stereocenters. The molecule has 1 aromatic carbocycles. The van der Waals surface area contributed by atoms with Gasteiger partial charge in [-0.1, -0.05) is 58.3 Å². The maximum atomic E-state index is 11.5. The van der Waals surface area contributed by atoms with Crippen LogP contribution in [-0.4, -0.2) is 19.2 Å². The molecule has 0 aliphatic rings. The van der Waals surface area contributed by atoms with E-state index in [2.05, 4.69) is 6.92 Å². The average molecular weight is 320 g/mol. The number of carbonyl (C=O) groups excluding carboxylic acids is 1. The van der Waals surface area contributed by atoms with Crippen LogP contribution in [0.3, 0.4) is 0 Å². The maximum Gasteiger partial charge on any atom is 0.338 e. The highest BCUT2D eigenvalue weighted by molar-refractivity contribution is 5.89. The molecule has 23 heavy (non-hydrogen) atoms. The van der Waals surface area contributed by atoms with Crippen molar-refractivity contribution in [2.24, 2.45) is 0 Å². The third-order valence-corrected chi connectivity index (χ3v) is 3.88. The quantitative estimate of drug-likeness (QED) is 0.342. The zero-order chi connectivity index (χ0) is 16.8. The van der Waals surface area contributed by atoms with Crippen molar-refractivity contribution in [3.05, 3.63) is 29.8 Å². The Morgan fingerprint density at radius 3 is 1.96 bits per heavy atom. The molecule has 0 spiro atoms. The third kappa shape index (κ3) is 9.27. The molecule has 3 heteroatoms. The van der Waals surface area contributed by atoms with Gasteiger partial charge in [-0.05, 0) is 37.6 Å². The fourth-order valence-corrected chi connectivity index (χ4v) is 2.50. The van der Waals surface area contributed by atoms with Gasteiger partial charge >= 0.3 is 5.97 Å². The van der Waals surface area contributed by atoms with Crippen LogP contribution in [-0.2, 0) is 4.74 Å². The Morgan fingerprint density at radius 2 is 1.39 bits per heavy atom. The molecule has 0 aliphatic heterocycles. The minimum atomic E-state index is -0.280. The van der Waals surface area contributed by atoms with Gasteiger partial charge in [-0.3, -0.25) is 0 Å². The highest BCUT2D eigenvalue weighted by Crippen LogP contribution is 2.14. The first kappa shape index (κ1) is 19.5. The number of rotatable bonds is 13. The first-order valence-electron chi connectivity index (χ1n) is 9.18. The van der Waals surface area contributed by atoms with Crippen LogP contribution >= 0.6 is 0 Å². The molecule has 0 heterocycles. The minimum absolute atomic E-state index is 0.280. The smallest absolute Gasteiger partial charge is 0.338 e. The van der Waals surface area contributed by atoms with Gasteiger partial charge in [-0.2, -0.15) is 0 Å². The topological polar surface area (TPSA) is 35.5 Å². The van der Waals surface area contributed by atoms with Crippen molar-refractivity contribution in [3.63, 3.8) is 0 Å². The summed E-state index contributed by atoms with van der Waals surface area (Å²) in [6, 6.07) is 7.17. The van der Waals surface area contributed by atoms with Gasteiger partial charge in [0.2, 0.25) is 0 Å². The number of hydrogen-bond donors (Lipinski definition) is 0. The predicted molar refractivity (Wildman–Crippen MR) is 95.1 cm³/mol. The van der Waals surface area contributed by atoms with Crippen LogP contribution in [0.2, 0.25) is 0 Å². The molecule has 0 fully saturated rings. The van der Waals surface area contributed by atoms with E-state index in [1.54, 1.807) is 19.1 Å². The zero-order valence-electron chi connectivity index (χ0n) is 14.8. The van der Waals surface area contributed by atoms with Gasteiger partial charge in [0.1, 0.15) is 5.75 Å². The fraction of sp³-hybridized carbons (Fsp3) is 0.650. The predicted octanol–water partition coefficient (Wildman–Crippen LogP) is 5.77. The Balaban J connectivity index is 2.04. The summed E-state index contributed by atoms with van der Waals surface area (Å²) >= 11 is 0. The molecule has 0 unspecified atom stereocenters. The molecule has 130 valence electrons. The average Bonchev–Trinajstić information content (AvgIpc) is 2.57. The van der Waals surface area contributed by atoms with E-state index >= 15 is 0 Å². The lowest BCUT2D eigenvalue weighted by Crippen LogP contribution is -2.04. The molecule has 0 bridgehead atoms. The van der Waals surface area contributed by atoms with Crippen LogP contribution in [0.5, 0.6) is 5.75 Å². The van der Waals surface area contributed by atoms with Crippen molar-refractivity contribution in [2.75, 3.05) is 13.2 Å². The van der Waals surface area contributed by atoms with Gasteiger partial charge in [0.05, 0.1) is 18.8 Å². The van der Waals surface area contributed by atoms with Crippen LogP contribution < -0.4 is 4.74 Å². The highest BCUT2D eigenvalue weighted by Gasteiger charge is 2.05. The largest absolute Gasteiger partial charge is 0.494 e. The van der Waals surface area contributed by atoms with Crippen LogP contribution in [0.15, 0.2) is 24.3 Å². The number of hydrogen-bond acceptors (Lipinski definition) is 3. The summed E-state index contributed by atoms with van der Waals surface area (Å²) in [5.74, 6) is 0.538. The molecule has 0 N–H and O–H groups in total. The number of ether oxygens (including phenoxy) is 2. The van der Waals surface area contributed by atoms with Gasteiger partial charge in [0.15, 0.2) is 0 Å². The van der Waals surface area contributed by atoms with Crippen LogP contribution in [0.25, 0.3) is 0 Å². The second kappa shape index (κ2) is 13.0. The standard InChI is InChI=1S/C20H32O3/c1-3-5-6-7-8-9-10-11-12-17-23-19-15-13-18(14-16-19)20(21)22-4-2/h13-16H,3-12,17H2,1-2H3. The van der Waals surface area contributed by atoms with Crippen molar-refractivity contribution in [2.45, 2.75) is 71.6 Å². The van der Waals surface area contributed by atoms with Crippen molar-refractivity contribution < 1.29 is 14.3 Å². The Hall–Kier alpha value is -1.51.